The van der Waals surface area contributed by atoms with Crippen molar-refractivity contribution in [3.8, 4) is 0 Å². The van der Waals surface area contributed by atoms with Gasteiger partial charge in [-0.1, -0.05) is 55.0 Å². The Morgan fingerprint density at radius 3 is 2.53 bits per heavy atom. The minimum Gasteiger partial charge on any atom is -0.309 e. The molecule has 1 N–H and O–H groups in total. The smallest absolute Gasteiger partial charge is 0.0415 e. The fraction of sp³-hybridized carbons (Fsp3) is 0.294. The van der Waals surface area contributed by atoms with Gasteiger partial charge in [-0.15, -0.1) is 11.8 Å². The molecule has 0 spiro atoms. The molecule has 0 heterocycles. The summed E-state index contributed by atoms with van der Waals surface area (Å²) < 4.78 is 0. The van der Waals surface area contributed by atoms with Crippen LogP contribution >= 0.6 is 11.8 Å². The number of hydrogen-bond acceptors (Lipinski definition) is 2. The van der Waals surface area contributed by atoms with E-state index in [0.29, 0.717) is 6.04 Å². The van der Waals surface area contributed by atoms with Crippen molar-refractivity contribution in [3.63, 3.8) is 0 Å². The molecule has 100 valence electrons. The third kappa shape index (κ3) is 4.41. The summed E-state index contributed by atoms with van der Waals surface area (Å²) in [5, 5.41) is 3.58. The highest BCUT2D eigenvalue weighted by atomic mass is 32.2. The maximum absolute atomic E-state index is 3.58. The van der Waals surface area contributed by atoms with Crippen LogP contribution in [-0.2, 0) is 0 Å². The second kappa shape index (κ2) is 7.37. The lowest BCUT2D eigenvalue weighted by Crippen LogP contribution is -2.23. The molecule has 0 saturated carbocycles. The Hall–Kier alpha value is -1.25. The van der Waals surface area contributed by atoms with Crippen LogP contribution in [0.15, 0.2) is 59.5 Å². The molecular formula is C17H21NS. The van der Waals surface area contributed by atoms with Crippen molar-refractivity contribution in [2.45, 2.75) is 24.8 Å². The molecule has 2 aromatic rings. The lowest BCUT2D eigenvalue weighted by molar-refractivity contribution is 0.605. The summed E-state index contributed by atoms with van der Waals surface area (Å²) in [6, 6.07) is 19.8. The third-order valence-electron chi connectivity index (χ3n) is 3.05. The van der Waals surface area contributed by atoms with Crippen LogP contribution in [0, 0.1) is 6.92 Å². The second-order valence-electron chi connectivity index (χ2n) is 4.65. The highest BCUT2D eigenvalue weighted by Gasteiger charge is 2.10. The monoisotopic (exact) mass is 271 g/mol. The van der Waals surface area contributed by atoms with Crippen LogP contribution in [0.25, 0.3) is 0 Å². The number of thioether (sulfide) groups is 1. The van der Waals surface area contributed by atoms with Gasteiger partial charge in [0.2, 0.25) is 0 Å². The highest BCUT2D eigenvalue weighted by molar-refractivity contribution is 7.99. The van der Waals surface area contributed by atoms with Crippen LogP contribution in [-0.4, -0.2) is 12.3 Å². The quantitative estimate of drug-likeness (QED) is 0.780. The molecule has 0 aliphatic rings. The van der Waals surface area contributed by atoms with Gasteiger partial charge in [0.1, 0.15) is 0 Å². The first-order valence-corrected chi connectivity index (χ1v) is 7.76. The lowest BCUT2D eigenvalue weighted by atomic mass is 10.1. The van der Waals surface area contributed by atoms with E-state index >= 15 is 0 Å². The highest BCUT2D eigenvalue weighted by Crippen LogP contribution is 2.25. The summed E-state index contributed by atoms with van der Waals surface area (Å²) in [5.41, 5.74) is 2.70. The topological polar surface area (TPSA) is 12.0 Å². The van der Waals surface area contributed by atoms with Crippen molar-refractivity contribution in [1.82, 2.24) is 5.32 Å². The Kier molecular flexibility index (Phi) is 5.49. The third-order valence-corrected chi connectivity index (χ3v) is 4.16. The van der Waals surface area contributed by atoms with Gasteiger partial charge < -0.3 is 5.32 Å². The van der Waals surface area contributed by atoms with Gasteiger partial charge >= 0.3 is 0 Å². The first-order valence-electron chi connectivity index (χ1n) is 6.77. The van der Waals surface area contributed by atoms with Gasteiger partial charge in [0, 0.05) is 16.7 Å². The molecule has 19 heavy (non-hydrogen) atoms. The Morgan fingerprint density at radius 2 is 1.84 bits per heavy atom. The van der Waals surface area contributed by atoms with E-state index in [1.54, 1.807) is 0 Å². The van der Waals surface area contributed by atoms with E-state index in [-0.39, 0.29) is 0 Å². The van der Waals surface area contributed by atoms with E-state index in [1.807, 2.05) is 11.8 Å². The number of rotatable bonds is 6. The Balaban J connectivity index is 2.04. The second-order valence-corrected chi connectivity index (χ2v) is 5.74. The van der Waals surface area contributed by atoms with Crippen LogP contribution in [0.1, 0.15) is 24.1 Å². The van der Waals surface area contributed by atoms with Crippen molar-refractivity contribution in [2.75, 3.05) is 12.3 Å². The van der Waals surface area contributed by atoms with Crippen molar-refractivity contribution in [1.29, 1.82) is 0 Å². The summed E-state index contributed by atoms with van der Waals surface area (Å²) in [6.45, 7) is 5.31. The van der Waals surface area contributed by atoms with E-state index in [1.165, 1.54) is 16.0 Å². The van der Waals surface area contributed by atoms with Crippen molar-refractivity contribution < 1.29 is 0 Å². The molecule has 1 unspecified atom stereocenters. The van der Waals surface area contributed by atoms with E-state index in [4.69, 9.17) is 0 Å². The first-order chi connectivity index (χ1) is 9.29. The number of benzene rings is 2. The maximum atomic E-state index is 3.58. The van der Waals surface area contributed by atoms with Gasteiger partial charge in [-0.3, -0.25) is 0 Å². The number of aryl methyl sites for hydroxylation is 1. The summed E-state index contributed by atoms with van der Waals surface area (Å²) in [6.07, 6.45) is 0. The molecule has 0 aromatic heterocycles. The van der Waals surface area contributed by atoms with Crippen LogP contribution < -0.4 is 5.32 Å². The normalized spacial score (nSPS) is 12.3. The molecule has 0 aliphatic heterocycles. The van der Waals surface area contributed by atoms with Gasteiger partial charge in [0.05, 0.1) is 0 Å². The molecule has 2 aromatic carbocycles. The molecule has 0 radical (unpaired) electrons. The molecule has 2 rings (SSSR count). The minimum atomic E-state index is 0.412. The summed E-state index contributed by atoms with van der Waals surface area (Å²) >= 11 is 1.91. The van der Waals surface area contributed by atoms with Gasteiger partial charge in [0.15, 0.2) is 0 Å². The molecule has 0 amide bonds. The standard InChI is InChI=1S/C17H21NS/c1-3-18-17(15-9-7-8-14(2)12-15)13-19-16-10-5-4-6-11-16/h4-12,17-18H,3,13H2,1-2H3. The summed E-state index contributed by atoms with van der Waals surface area (Å²) in [4.78, 5) is 1.33. The molecule has 0 aliphatic carbocycles. The zero-order chi connectivity index (χ0) is 13.5. The molecule has 0 bridgehead atoms. The average molecular weight is 271 g/mol. The summed E-state index contributed by atoms with van der Waals surface area (Å²) in [5.74, 6) is 1.06. The Labute approximate surface area is 120 Å². The fourth-order valence-electron chi connectivity index (χ4n) is 2.10. The number of hydrogen-bond donors (Lipinski definition) is 1. The van der Waals surface area contributed by atoms with E-state index in [0.717, 1.165) is 12.3 Å². The van der Waals surface area contributed by atoms with Gasteiger partial charge in [-0.05, 0) is 31.2 Å². The molecule has 1 nitrogen and oxygen atoms in total. The van der Waals surface area contributed by atoms with Crippen LogP contribution in [0.3, 0.4) is 0 Å². The predicted octanol–water partition coefficient (Wildman–Crippen LogP) is 4.44. The molecule has 2 heteroatoms. The number of nitrogens with one attached hydrogen (secondary N) is 1. The fourth-order valence-corrected chi connectivity index (χ4v) is 3.12. The predicted molar refractivity (Wildman–Crippen MR) is 84.8 cm³/mol. The average Bonchev–Trinajstić information content (AvgIpc) is 2.44. The first kappa shape index (κ1) is 14.2. The van der Waals surface area contributed by atoms with Gasteiger partial charge in [-0.25, -0.2) is 0 Å². The summed E-state index contributed by atoms with van der Waals surface area (Å²) in [7, 11) is 0. The SMILES string of the molecule is CCNC(CSc1ccccc1)c1cccc(C)c1. The van der Waals surface area contributed by atoms with E-state index in [2.05, 4.69) is 73.8 Å². The van der Waals surface area contributed by atoms with E-state index < -0.39 is 0 Å². The largest absolute Gasteiger partial charge is 0.309 e. The van der Waals surface area contributed by atoms with Crippen molar-refractivity contribution in [3.05, 3.63) is 65.7 Å². The molecular weight excluding hydrogens is 250 g/mol. The Morgan fingerprint density at radius 1 is 1.05 bits per heavy atom. The lowest BCUT2D eigenvalue weighted by Gasteiger charge is -2.18. The molecule has 0 fully saturated rings. The van der Waals surface area contributed by atoms with Crippen molar-refractivity contribution in [2.24, 2.45) is 0 Å². The van der Waals surface area contributed by atoms with Crippen LogP contribution in [0.2, 0.25) is 0 Å². The zero-order valence-corrected chi connectivity index (χ0v) is 12.4. The van der Waals surface area contributed by atoms with Crippen LogP contribution in [0.4, 0.5) is 0 Å². The van der Waals surface area contributed by atoms with Gasteiger partial charge in [0.25, 0.3) is 0 Å². The van der Waals surface area contributed by atoms with E-state index in [9.17, 15) is 0 Å². The van der Waals surface area contributed by atoms with Crippen molar-refractivity contribution >= 4 is 11.8 Å². The molecule has 0 saturated heterocycles. The zero-order valence-electron chi connectivity index (χ0n) is 11.6. The molecule has 1 atom stereocenters. The minimum absolute atomic E-state index is 0.412. The van der Waals surface area contributed by atoms with Crippen LogP contribution in [0.5, 0.6) is 0 Å². The Bertz CT molecular complexity index is 496. The maximum Gasteiger partial charge on any atom is 0.0415 e. The van der Waals surface area contributed by atoms with Gasteiger partial charge in [-0.2, -0.15) is 0 Å².